The van der Waals surface area contributed by atoms with Gasteiger partial charge in [0.1, 0.15) is 23.4 Å². The van der Waals surface area contributed by atoms with Gasteiger partial charge < -0.3 is 5.32 Å². The third-order valence-corrected chi connectivity index (χ3v) is 5.22. The minimum Gasteiger partial charge on any atom is -0.348 e. The Morgan fingerprint density at radius 3 is 2.39 bits per heavy atom. The van der Waals surface area contributed by atoms with Crippen molar-refractivity contribution in [3.63, 3.8) is 0 Å². The third kappa shape index (κ3) is 5.33. The van der Waals surface area contributed by atoms with Crippen LogP contribution in [0.2, 0.25) is 0 Å². The summed E-state index contributed by atoms with van der Waals surface area (Å²) in [6.45, 7) is 2.18. The monoisotopic (exact) mass is 392 g/mol. The van der Waals surface area contributed by atoms with Crippen LogP contribution in [0.5, 0.6) is 0 Å². The van der Waals surface area contributed by atoms with Gasteiger partial charge in [0.25, 0.3) is 0 Å². The van der Waals surface area contributed by atoms with Crippen molar-refractivity contribution in [2.45, 2.75) is 26.2 Å². The molecule has 1 aromatic heterocycles. The second kappa shape index (κ2) is 10.5. The zero-order valence-electron chi connectivity index (χ0n) is 15.9. The van der Waals surface area contributed by atoms with Gasteiger partial charge in [0.05, 0.1) is 0 Å². The number of benzene rings is 2. The highest BCUT2D eigenvalue weighted by atomic mass is 32.2. The number of aromatic nitrogens is 3. The van der Waals surface area contributed by atoms with E-state index in [0.717, 1.165) is 35.7 Å². The molecule has 3 aromatic rings. The van der Waals surface area contributed by atoms with Crippen LogP contribution in [-0.2, 0) is 0 Å². The summed E-state index contributed by atoms with van der Waals surface area (Å²) in [5.41, 5.74) is 2.03. The van der Waals surface area contributed by atoms with Crippen LogP contribution in [0.15, 0.2) is 78.3 Å². The Morgan fingerprint density at radius 1 is 1.04 bits per heavy atom. The number of hydrogen-bond donors (Lipinski definition) is 1. The van der Waals surface area contributed by atoms with E-state index in [-0.39, 0.29) is 5.78 Å². The second-order valence-electron chi connectivity index (χ2n) is 6.26. The number of anilines is 1. The smallest absolute Gasteiger partial charge is 0.214 e. The van der Waals surface area contributed by atoms with E-state index in [1.807, 2.05) is 60.7 Å². The van der Waals surface area contributed by atoms with Crippen molar-refractivity contribution in [2.24, 2.45) is 0 Å². The quantitative estimate of drug-likeness (QED) is 0.287. The molecule has 1 heterocycles. The Morgan fingerprint density at radius 2 is 1.75 bits per heavy atom. The summed E-state index contributed by atoms with van der Waals surface area (Å²) in [6.07, 6.45) is 6.42. The summed E-state index contributed by atoms with van der Waals surface area (Å²) >= 11 is 1.64. The van der Waals surface area contributed by atoms with Crippen molar-refractivity contribution < 1.29 is 4.79 Å². The van der Waals surface area contributed by atoms with E-state index in [9.17, 15) is 4.79 Å². The van der Waals surface area contributed by atoms with Gasteiger partial charge in [0.2, 0.25) is 5.78 Å². The normalized spacial score (nSPS) is 11.8. The molecule has 5 nitrogen and oxygen atoms in total. The maximum atomic E-state index is 13.4. The first-order valence-corrected chi connectivity index (χ1v) is 10.4. The molecule has 28 heavy (non-hydrogen) atoms. The zero-order valence-corrected chi connectivity index (χ0v) is 16.7. The summed E-state index contributed by atoms with van der Waals surface area (Å²) in [4.78, 5) is 17.4. The van der Waals surface area contributed by atoms with Gasteiger partial charge >= 0.3 is 0 Å². The first kappa shape index (κ1) is 19.9. The van der Waals surface area contributed by atoms with Crippen LogP contribution in [0.25, 0.3) is 5.70 Å². The molecule has 0 aliphatic rings. The van der Waals surface area contributed by atoms with E-state index in [1.165, 1.54) is 6.33 Å². The van der Waals surface area contributed by atoms with E-state index in [2.05, 4.69) is 22.3 Å². The number of para-hydroxylation sites is 1. The van der Waals surface area contributed by atoms with Gasteiger partial charge in [-0.15, -0.1) is 11.8 Å². The van der Waals surface area contributed by atoms with Crippen molar-refractivity contribution in [2.75, 3.05) is 11.1 Å². The predicted octanol–water partition coefficient (Wildman–Crippen LogP) is 5.32. The average molecular weight is 393 g/mol. The number of unbranched alkanes of at least 4 members (excludes halogenated alkanes) is 2. The lowest BCUT2D eigenvalue weighted by molar-refractivity contribution is 0.104. The minimum atomic E-state index is -0.0903. The predicted molar refractivity (Wildman–Crippen MR) is 116 cm³/mol. The topological polar surface area (TPSA) is 59.8 Å². The standard InChI is InChI=1S/C22H24N4OS/c1-2-3-10-15-28-22(25-19-13-8-5-9-14-19)20(26-17-23-16-24-26)21(27)18-11-6-4-7-12-18/h4-9,11-14,16-17,25H,2-3,10,15H2,1H3/b22-20-. The first-order chi connectivity index (χ1) is 13.8. The van der Waals surface area contributed by atoms with Crippen molar-refractivity contribution in [3.8, 4) is 0 Å². The van der Waals surface area contributed by atoms with Gasteiger partial charge in [-0.05, 0) is 24.3 Å². The molecule has 0 atom stereocenters. The molecule has 6 heteroatoms. The first-order valence-electron chi connectivity index (χ1n) is 9.43. The van der Waals surface area contributed by atoms with Crippen molar-refractivity contribution in [1.82, 2.24) is 14.8 Å². The van der Waals surface area contributed by atoms with Crippen LogP contribution < -0.4 is 5.32 Å². The molecule has 2 aromatic carbocycles. The van der Waals surface area contributed by atoms with Crippen LogP contribution in [0.3, 0.4) is 0 Å². The Labute approximate surface area is 169 Å². The maximum Gasteiger partial charge on any atom is 0.214 e. The van der Waals surface area contributed by atoms with Gasteiger partial charge in [-0.1, -0.05) is 68.3 Å². The molecule has 144 valence electrons. The molecular formula is C22H24N4OS. The molecular weight excluding hydrogens is 368 g/mol. The van der Waals surface area contributed by atoms with Crippen LogP contribution >= 0.6 is 11.8 Å². The van der Waals surface area contributed by atoms with Gasteiger partial charge in [-0.25, -0.2) is 9.67 Å². The van der Waals surface area contributed by atoms with Gasteiger partial charge in [-0.2, -0.15) is 5.10 Å². The third-order valence-electron chi connectivity index (χ3n) is 4.14. The number of ketones is 1. The molecule has 0 aliphatic heterocycles. The maximum absolute atomic E-state index is 13.4. The number of Topliss-reactive ketones (excluding diaryl/α,β-unsaturated/α-hetero) is 1. The van der Waals surface area contributed by atoms with Crippen LogP contribution in [0.4, 0.5) is 5.69 Å². The summed E-state index contributed by atoms with van der Waals surface area (Å²) in [5, 5.41) is 8.45. The van der Waals surface area contributed by atoms with E-state index in [1.54, 1.807) is 22.8 Å². The zero-order chi connectivity index (χ0) is 19.6. The van der Waals surface area contributed by atoms with E-state index >= 15 is 0 Å². The Kier molecular flexibility index (Phi) is 7.44. The van der Waals surface area contributed by atoms with E-state index < -0.39 is 0 Å². The summed E-state index contributed by atoms with van der Waals surface area (Å²) in [5.74, 6) is 0.830. The summed E-state index contributed by atoms with van der Waals surface area (Å²) in [7, 11) is 0. The van der Waals surface area contributed by atoms with E-state index in [4.69, 9.17) is 0 Å². The van der Waals surface area contributed by atoms with Crippen LogP contribution in [-0.4, -0.2) is 26.3 Å². The van der Waals surface area contributed by atoms with E-state index in [0.29, 0.717) is 11.3 Å². The fourth-order valence-corrected chi connectivity index (χ4v) is 3.77. The number of rotatable bonds is 10. The number of nitrogens with zero attached hydrogens (tertiary/aromatic N) is 3. The Bertz CT molecular complexity index is 893. The molecule has 1 N–H and O–H groups in total. The molecule has 0 bridgehead atoms. The molecule has 0 amide bonds. The second-order valence-corrected chi connectivity index (χ2v) is 7.36. The van der Waals surface area contributed by atoms with Crippen LogP contribution in [0.1, 0.15) is 36.5 Å². The molecule has 0 saturated heterocycles. The van der Waals surface area contributed by atoms with Gasteiger partial charge in [0.15, 0.2) is 0 Å². The number of carbonyl (C=O) groups excluding carboxylic acids is 1. The lowest BCUT2D eigenvalue weighted by Gasteiger charge is -2.16. The summed E-state index contributed by atoms with van der Waals surface area (Å²) < 4.78 is 1.55. The molecule has 0 saturated carbocycles. The fourth-order valence-electron chi connectivity index (χ4n) is 2.70. The molecule has 0 aliphatic carbocycles. The SMILES string of the molecule is CCCCCS/C(Nc1ccccc1)=C(/C(=O)c1ccccc1)n1cncn1. The lowest BCUT2D eigenvalue weighted by atomic mass is 10.1. The lowest BCUT2D eigenvalue weighted by Crippen LogP contribution is -2.15. The number of nitrogens with one attached hydrogen (secondary N) is 1. The van der Waals surface area contributed by atoms with Gasteiger partial charge in [0, 0.05) is 11.3 Å². The van der Waals surface area contributed by atoms with Crippen molar-refractivity contribution in [3.05, 3.63) is 83.9 Å². The van der Waals surface area contributed by atoms with Crippen molar-refractivity contribution in [1.29, 1.82) is 0 Å². The number of allylic oxidation sites excluding steroid dienone is 1. The highest BCUT2D eigenvalue weighted by Crippen LogP contribution is 2.28. The molecule has 0 unspecified atom stereocenters. The number of hydrogen-bond acceptors (Lipinski definition) is 5. The molecule has 0 radical (unpaired) electrons. The number of carbonyl (C=O) groups is 1. The molecule has 0 fully saturated rings. The average Bonchev–Trinajstić information content (AvgIpc) is 3.27. The Balaban J connectivity index is 2.01. The Hall–Kier alpha value is -2.86. The molecule has 3 rings (SSSR count). The fraction of sp³-hybridized carbons (Fsp3) is 0.227. The largest absolute Gasteiger partial charge is 0.348 e. The summed E-state index contributed by atoms with van der Waals surface area (Å²) in [6, 6.07) is 19.1. The highest BCUT2D eigenvalue weighted by molar-refractivity contribution is 8.03. The molecule has 0 spiro atoms. The van der Waals surface area contributed by atoms with Crippen LogP contribution in [0, 0.1) is 0 Å². The minimum absolute atomic E-state index is 0.0903. The van der Waals surface area contributed by atoms with Crippen molar-refractivity contribution >= 4 is 28.9 Å². The van der Waals surface area contributed by atoms with Gasteiger partial charge in [-0.3, -0.25) is 4.79 Å². The highest BCUT2D eigenvalue weighted by Gasteiger charge is 2.21. The number of thioether (sulfide) groups is 1.